The third-order valence-corrected chi connectivity index (χ3v) is 6.79. The number of carbonyl (C=O) groups excluding carboxylic acids is 4. The van der Waals surface area contributed by atoms with E-state index in [2.05, 4.69) is 45.1 Å². The topological polar surface area (TPSA) is 168 Å². The Kier molecular flexibility index (Phi) is 9.78. The lowest BCUT2D eigenvalue weighted by Crippen LogP contribution is -2.34. The number of aromatic amines is 1. The van der Waals surface area contributed by atoms with Gasteiger partial charge in [-0.05, 0) is 71.1 Å². The number of benzene rings is 3. The molecule has 1 unspecified atom stereocenters. The number of hydrogen-bond donors (Lipinski definition) is 3. The number of amides is 3. The highest BCUT2D eigenvalue weighted by Gasteiger charge is 2.20. The summed E-state index contributed by atoms with van der Waals surface area (Å²) in [6.07, 6.45) is 0.968. The number of rotatable bonds is 10. The minimum Gasteiger partial charge on any atom is -0.465 e. The zero-order valence-corrected chi connectivity index (χ0v) is 24.1. The summed E-state index contributed by atoms with van der Waals surface area (Å²) >= 11 is 0. The van der Waals surface area contributed by atoms with Crippen molar-refractivity contribution in [2.45, 2.75) is 32.7 Å². The van der Waals surface area contributed by atoms with Crippen molar-refractivity contribution < 1.29 is 28.7 Å². The molecule has 13 heteroatoms. The molecule has 0 radical (unpaired) electrons. The molecule has 0 aliphatic rings. The second-order valence-corrected chi connectivity index (χ2v) is 9.59. The molecule has 3 aromatic carbocycles. The second kappa shape index (κ2) is 13.9. The highest BCUT2D eigenvalue weighted by molar-refractivity contribution is 6.05. The van der Waals surface area contributed by atoms with Gasteiger partial charge >= 0.3 is 18.0 Å². The average Bonchev–Trinajstić information content (AvgIpc) is 3.55. The molecule has 3 amide bonds. The van der Waals surface area contributed by atoms with Crippen molar-refractivity contribution in [1.29, 1.82) is 0 Å². The van der Waals surface area contributed by atoms with Crippen molar-refractivity contribution in [3.8, 4) is 0 Å². The molecule has 0 saturated carbocycles. The fraction of sp³-hybridized carbons (Fsp3) is 0.233. The predicted molar refractivity (Wildman–Crippen MR) is 158 cm³/mol. The number of hydrogen-bond acceptors (Lipinski definition) is 9. The van der Waals surface area contributed by atoms with Gasteiger partial charge in [-0.1, -0.05) is 43.2 Å². The van der Waals surface area contributed by atoms with Crippen LogP contribution in [0, 0.1) is 0 Å². The van der Waals surface area contributed by atoms with E-state index in [0.717, 1.165) is 17.5 Å². The van der Waals surface area contributed by atoms with Gasteiger partial charge in [-0.25, -0.2) is 14.4 Å². The van der Waals surface area contributed by atoms with Crippen LogP contribution in [0.15, 0.2) is 66.7 Å². The van der Waals surface area contributed by atoms with Crippen molar-refractivity contribution in [1.82, 2.24) is 20.6 Å². The van der Waals surface area contributed by atoms with Gasteiger partial charge in [0.2, 0.25) is 0 Å². The monoisotopic (exact) mass is 585 g/mol. The SMILES string of the molecule is CCC(C)c1ccc(N(Cc2ccc(C(=O)Nc3nn[nH]n3)cc2)C(=O)Nc2cc(C(=O)OC)cc(C(=O)OC)c2)cc1. The molecule has 0 spiro atoms. The van der Waals surface area contributed by atoms with Crippen molar-refractivity contribution >= 4 is 41.2 Å². The molecule has 1 aromatic heterocycles. The number of anilines is 3. The highest BCUT2D eigenvalue weighted by Crippen LogP contribution is 2.25. The zero-order valence-electron chi connectivity index (χ0n) is 24.1. The highest BCUT2D eigenvalue weighted by atomic mass is 16.5. The molecule has 0 fully saturated rings. The summed E-state index contributed by atoms with van der Waals surface area (Å²) in [6, 6.07) is 18.0. The van der Waals surface area contributed by atoms with Crippen molar-refractivity contribution in [2.75, 3.05) is 29.8 Å². The summed E-state index contributed by atoms with van der Waals surface area (Å²) in [4.78, 5) is 52.3. The van der Waals surface area contributed by atoms with E-state index in [9.17, 15) is 19.2 Å². The standard InChI is InChI=1S/C30H31N7O6/c1-5-18(2)20-10-12-25(13-11-20)37(17-19-6-8-21(9-7-19)26(38)32-29-33-35-36-34-29)30(41)31-24-15-22(27(39)42-3)14-23(16-24)28(40)43-4/h6-16,18H,5,17H2,1-4H3,(H,31,41)(H2,32,33,34,35,36,38). The number of urea groups is 1. The van der Waals surface area contributed by atoms with E-state index in [1.54, 1.807) is 24.3 Å². The minimum atomic E-state index is -0.679. The van der Waals surface area contributed by atoms with E-state index in [0.29, 0.717) is 17.2 Å². The zero-order chi connectivity index (χ0) is 30.9. The number of carbonyl (C=O) groups is 4. The van der Waals surface area contributed by atoms with Crippen LogP contribution in [-0.2, 0) is 16.0 Å². The molecule has 0 saturated heterocycles. The minimum absolute atomic E-state index is 0.0457. The fourth-order valence-electron chi connectivity index (χ4n) is 4.19. The molecule has 1 heterocycles. The van der Waals surface area contributed by atoms with E-state index in [1.165, 1.54) is 37.3 Å². The second-order valence-electron chi connectivity index (χ2n) is 9.59. The van der Waals surface area contributed by atoms with Crippen LogP contribution < -0.4 is 15.5 Å². The Bertz CT molecular complexity index is 1550. The Morgan fingerprint density at radius 1 is 0.860 bits per heavy atom. The largest absolute Gasteiger partial charge is 0.465 e. The number of ether oxygens (including phenoxy) is 2. The quantitative estimate of drug-likeness (QED) is 0.222. The number of H-pyrrole nitrogens is 1. The number of nitrogens with zero attached hydrogens (tertiary/aromatic N) is 4. The van der Waals surface area contributed by atoms with E-state index in [4.69, 9.17) is 9.47 Å². The first-order valence-electron chi connectivity index (χ1n) is 13.4. The summed E-state index contributed by atoms with van der Waals surface area (Å²) in [6.45, 7) is 4.38. The third kappa shape index (κ3) is 7.58. The third-order valence-electron chi connectivity index (χ3n) is 6.79. The fourth-order valence-corrected chi connectivity index (χ4v) is 4.19. The average molecular weight is 586 g/mol. The van der Waals surface area contributed by atoms with Gasteiger partial charge in [0.25, 0.3) is 11.9 Å². The van der Waals surface area contributed by atoms with Gasteiger partial charge in [0.15, 0.2) is 0 Å². The van der Waals surface area contributed by atoms with Gasteiger partial charge in [0.1, 0.15) is 0 Å². The van der Waals surface area contributed by atoms with Crippen LogP contribution in [0.1, 0.15) is 68.4 Å². The van der Waals surface area contributed by atoms with E-state index in [1.807, 2.05) is 24.3 Å². The van der Waals surface area contributed by atoms with Crippen LogP contribution >= 0.6 is 0 Å². The summed E-state index contributed by atoms with van der Waals surface area (Å²) in [5, 5.41) is 18.4. The molecule has 43 heavy (non-hydrogen) atoms. The van der Waals surface area contributed by atoms with Gasteiger partial charge in [0.05, 0.1) is 31.9 Å². The maximum absolute atomic E-state index is 13.7. The molecule has 3 N–H and O–H groups in total. The lowest BCUT2D eigenvalue weighted by molar-refractivity contribution is 0.0599. The van der Waals surface area contributed by atoms with Gasteiger partial charge in [-0.15, -0.1) is 5.10 Å². The molecule has 13 nitrogen and oxygen atoms in total. The Balaban J connectivity index is 1.62. The maximum Gasteiger partial charge on any atom is 0.337 e. The molecule has 0 aliphatic carbocycles. The molecule has 0 aliphatic heterocycles. The lowest BCUT2D eigenvalue weighted by atomic mass is 9.98. The summed E-state index contributed by atoms with van der Waals surface area (Å²) in [5.74, 6) is -1.39. The van der Waals surface area contributed by atoms with Crippen LogP contribution in [0.2, 0.25) is 0 Å². The van der Waals surface area contributed by atoms with Gasteiger partial charge < -0.3 is 14.8 Å². The number of aromatic nitrogens is 4. The Labute approximate surface area is 247 Å². The summed E-state index contributed by atoms with van der Waals surface area (Å²) in [7, 11) is 2.44. The summed E-state index contributed by atoms with van der Waals surface area (Å²) in [5.41, 5.74) is 3.17. The number of methoxy groups -OCH3 is 2. The molecule has 4 aromatic rings. The first-order chi connectivity index (χ1) is 20.7. The van der Waals surface area contributed by atoms with Crippen LogP contribution in [0.3, 0.4) is 0 Å². The number of tetrazole rings is 1. The molecular weight excluding hydrogens is 554 g/mol. The molecule has 4 rings (SSSR count). The van der Waals surface area contributed by atoms with Crippen molar-refractivity contribution in [3.05, 3.63) is 94.5 Å². The van der Waals surface area contributed by atoms with Crippen LogP contribution in [0.5, 0.6) is 0 Å². The molecule has 1 atom stereocenters. The van der Waals surface area contributed by atoms with E-state index >= 15 is 0 Å². The smallest absolute Gasteiger partial charge is 0.337 e. The lowest BCUT2D eigenvalue weighted by Gasteiger charge is -2.24. The number of nitrogens with one attached hydrogen (secondary N) is 3. The first kappa shape index (κ1) is 30.4. The van der Waals surface area contributed by atoms with Gasteiger partial charge in [-0.2, -0.15) is 5.21 Å². The Hall–Kier alpha value is -5.59. The number of esters is 2. The normalized spacial score (nSPS) is 11.3. The van der Waals surface area contributed by atoms with Crippen molar-refractivity contribution in [3.63, 3.8) is 0 Å². The summed E-state index contributed by atoms with van der Waals surface area (Å²) < 4.78 is 9.60. The Morgan fingerprint density at radius 3 is 2.02 bits per heavy atom. The molecular formula is C30H31N7O6. The predicted octanol–water partition coefficient (Wildman–Crippen LogP) is 4.78. The van der Waals surface area contributed by atoms with Gasteiger partial charge in [-0.3, -0.25) is 15.0 Å². The Morgan fingerprint density at radius 2 is 1.49 bits per heavy atom. The van der Waals surface area contributed by atoms with E-state index < -0.39 is 23.9 Å². The van der Waals surface area contributed by atoms with Crippen LogP contribution in [-0.4, -0.2) is 58.7 Å². The van der Waals surface area contributed by atoms with Gasteiger partial charge in [0, 0.05) is 16.9 Å². The molecule has 0 bridgehead atoms. The first-order valence-corrected chi connectivity index (χ1v) is 13.4. The molecule has 222 valence electrons. The maximum atomic E-state index is 13.7. The van der Waals surface area contributed by atoms with Crippen LogP contribution in [0.25, 0.3) is 0 Å². The van der Waals surface area contributed by atoms with Crippen LogP contribution in [0.4, 0.5) is 22.1 Å². The van der Waals surface area contributed by atoms with E-state index in [-0.39, 0.29) is 29.3 Å². The van der Waals surface area contributed by atoms with Crippen molar-refractivity contribution in [2.24, 2.45) is 0 Å².